The van der Waals surface area contributed by atoms with Gasteiger partial charge in [0.1, 0.15) is 5.82 Å². The van der Waals surface area contributed by atoms with Gasteiger partial charge in [0.15, 0.2) is 0 Å². The number of rotatable bonds is 4. The van der Waals surface area contributed by atoms with Crippen molar-refractivity contribution in [2.24, 2.45) is 0 Å². The van der Waals surface area contributed by atoms with Crippen LogP contribution >= 0.6 is 15.9 Å². The van der Waals surface area contributed by atoms with Crippen molar-refractivity contribution in [1.82, 2.24) is 10.3 Å². The fourth-order valence-electron chi connectivity index (χ4n) is 1.65. The smallest absolute Gasteiger partial charge is 0.335 e. The predicted molar refractivity (Wildman–Crippen MR) is 76.5 cm³/mol. The van der Waals surface area contributed by atoms with E-state index in [2.05, 4.69) is 26.2 Å². The minimum absolute atomic E-state index is 0.00938. The third-order valence-corrected chi connectivity index (χ3v) is 3.16. The summed E-state index contributed by atoms with van der Waals surface area (Å²) in [6.07, 6.45) is 1.34. The van der Waals surface area contributed by atoms with Crippen molar-refractivity contribution in [3.63, 3.8) is 0 Å². The third-order valence-electron chi connectivity index (χ3n) is 2.67. The van der Waals surface area contributed by atoms with Gasteiger partial charge >= 0.3 is 5.97 Å². The molecule has 0 radical (unpaired) electrons. The van der Waals surface area contributed by atoms with E-state index in [9.17, 15) is 14.0 Å². The summed E-state index contributed by atoms with van der Waals surface area (Å²) in [7, 11) is 0. The first-order chi connectivity index (χ1) is 9.97. The first kappa shape index (κ1) is 15.1. The zero-order valence-electron chi connectivity index (χ0n) is 10.6. The molecule has 2 aromatic rings. The number of carboxylic acids is 1. The van der Waals surface area contributed by atoms with Crippen LogP contribution in [0.3, 0.4) is 0 Å². The highest BCUT2D eigenvalue weighted by molar-refractivity contribution is 9.10. The van der Waals surface area contributed by atoms with E-state index in [4.69, 9.17) is 5.11 Å². The molecule has 0 aliphatic carbocycles. The molecule has 0 spiro atoms. The molecule has 7 heteroatoms. The molecule has 2 N–H and O–H groups in total. The summed E-state index contributed by atoms with van der Waals surface area (Å²) in [4.78, 5) is 26.6. The first-order valence-electron chi connectivity index (χ1n) is 5.89. The third kappa shape index (κ3) is 3.85. The number of hydrogen-bond acceptors (Lipinski definition) is 3. The summed E-state index contributed by atoms with van der Waals surface area (Å²) in [5.74, 6) is -2.32. The van der Waals surface area contributed by atoms with E-state index >= 15 is 0 Å². The number of aromatic nitrogens is 1. The Kier molecular flexibility index (Phi) is 4.64. The Labute approximate surface area is 128 Å². The molecular weight excluding hydrogens is 343 g/mol. The molecule has 0 aliphatic heterocycles. The normalized spacial score (nSPS) is 10.2. The minimum atomic E-state index is -1.08. The monoisotopic (exact) mass is 352 g/mol. The zero-order chi connectivity index (χ0) is 15.4. The van der Waals surface area contributed by atoms with Gasteiger partial charge in [-0.15, -0.1) is 0 Å². The molecule has 108 valence electrons. The quantitative estimate of drug-likeness (QED) is 0.886. The molecule has 0 atom stereocenters. The number of pyridine rings is 1. The van der Waals surface area contributed by atoms with E-state index < -0.39 is 17.7 Å². The van der Waals surface area contributed by atoms with Crippen LogP contribution in [-0.4, -0.2) is 22.0 Å². The van der Waals surface area contributed by atoms with Crippen LogP contribution in [-0.2, 0) is 6.54 Å². The van der Waals surface area contributed by atoms with E-state index in [0.29, 0.717) is 10.2 Å². The Morgan fingerprint density at radius 2 is 2.05 bits per heavy atom. The molecule has 2 rings (SSSR count). The molecule has 0 bridgehead atoms. The highest BCUT2D eigenvalue weighted by atomic mass is 79.9. The number of nitrogens with zero attached hydrogens (tertiary/aromatic N) is 1. The molecule has 0 unspecified atom stereocenters. The summed E-state index contributed by atoms with van der Waals surface area (Å²) in [5.41, 5.74) is 0.359. The number of benzene rings is 1. The number of nitrogens with one attached hydrogen (secondary N) is 1. The van der Waals surface area contributed by atoms with Crippen LogP contribution in [0.15, 0.2) is 41.0 Å². The van der Waals surface area contributed by atoms with Gasteiger partial charge < -0.3 is 10.4 Å². The Morgan fingerprint density at radius 3 is 2.71 bits per heavy atom. The van der Waals surface area contributed by atoms with Crippen LogP contribution in [0.5, 0.6) is 0 Å². The Hall–Kier alpha value is -2.28. The maximum absolute atomic E-state index is 13.6. The van der Waals surface area contributed by atoms with E-state index in [-0.39, 0.29) is 17.7 Å². The fourth-order valence-corrected chi connectivity index (χ4v) is 1.98. The number of carbonyl (C=O) groups excluding carboxylic acids is 1. The second kappa shape index (κ2) is 6.45. The lowest BCUT2D eigenvalue weighted by atomic mass is 10.2. The highest BCUT2D eigenvalue weighted by Gasteiger charge is 2.12. The van der Waals surface area contributed by atoms with Crippen LogP contribution in [0, 0.1) is 5.82 Å². The van der Waals surface area contributed by atoms with Gasteiger partial charge in [-0.3, -0.25) is 9.78 Å². The van der Waals surface area contributed by atoms with E-state index in [1.165, 1.54) is 30.5 Å². The molecule has 1 heterocycles. The molecule has 1 amide bonds. The largest absolute Gasteiger partial charge is 0.478 e. The average Bonchev–Trinajstić information content (AvgIpc) is 2.45. The maximum atomic E-state index is 13.6. The van der Waals surface area contributed by atoms with Gasteiger partial charge in [-0.25, -0.2) is 9.18 Å². The van der Waals surface area contributed by atoms with Crippen LogP contribution < -0.4 is 5.32 Å². The van der Waals surface area contributed by atoms with E-state index in [0.717, 1.165) is 0 Å². The second-order valence-electron chi connectivity index (χ2n) is 4.15. The number of hydrogen-bond donors (Lipinski definition) is 2. The van der Waals surface area contributed by atoms with Crippen LogP contribution in [0.25, 0.3) is 0 Å². The summed E-state index contributed by atoms with van der Waals surface area (Å²) in [6, 6.07) is 6.80. The number of halogens is 2. The van der Waals surface area contributed by atoms with Crippen LogP contribution in [0.4, 0.5) is 4.39 Å². The molecule has 0 saturated carbocycles. The SMILES string of the molecule is O=C(O)c1ccnc(CNC(=O)c2ccc(Br)cc2F)c1. The lowest BCUT2D eigenvalue weighted by molar-refractivity contribution is 0.0696. The van der Waals surface area contributed by atoms with Gasteiger partial charge in [0.25, 0.3) is 5.91 Å². The van der Waals surface area contributed by atoms with Crippen molar-refractivity contribution >= 4 is 27.8 Å². The summed E-state index contributed by atoms with van der Waals surface area (Å²) < 4.78 is 14.1. The molecule has 0 aliphatic rings. The predicted octanol–water partition coefficient (Wildman–Crippen LogP) is 2.61. The topological polar surface area (TPSA) is 79.3 Å². The van der Waals surface area contributed by atoms with Gasteiger partial charge in [-0.2, -0.15) is 0 Å². The Balaban J connectivity index is 2.07. The zero-order valence-corrected chi connectivity index (χ0v) is 12.2. The van der Waals surface area contributed by atoms with Gasteiger partial charge in [-0.1, -0.05) is 15.9 Å². The van der Waals surface area contributed by atoms with Crippen molar-refractivity contribution in [2.45, 2.75) is 6.54 Å². The molecule has 1 aromatic carbocycles. The maximum Gasteiger partial charge on any atom is 0.335 e. The van der Waals surface area contributed by atoms with Crippen molar-refractivity contribution in [1.29, 1.82) is 0 Å². The lowest BCUT2D eigenvalue weighted by Gasteiger charge is -2.06. The summed E-state index contributed by atoms with van der Waals surface area (Å²) in [6.45, 7) is 0.00938. The van der Waals surface area contributed by atoms with Crippen molar-refractivity contribution in [3.8, 4) is 0 Å². The van der Waals surface area contributed by atoms with Crippen molar-refractivity contribution in [2.75, 3.05) is 0 Å². The number of aromatic carboxylic acids is 1. The summed E-state index contributed by atoms with van der Waals surface area (Å²) in [5, 5.41) is 11.3. The van der Waals surface area contributed by atoms with Crippen LogP contribution in [0.1, 0.15) is 26.4 Å². The molecule has 1 aromatic heterocycles. The molecule has 0 saturated heterocycles. The molecule has 21 heavy (non-hydrogen) atoms. The van der Waals surface area contributed by atoms with Crippen molar-refractivity contribution < 1.29 is 19.1 Å². The first-order valence-corrected chi connectivity index (χ1v) is 6.68. The Morgan fingerprint density at radius 1 is 1.29 bits per heavy atom. The Bertz CT molecular complexity index is 706. The lowest BCUT2D eigenvalue weighted by Crippen LogP contribution is -2.24. The van der Waals surface area contributed by atoms with Crippen molar-refractivity contribution in [3.05, 3.63) is 63.6 Å². The molecular formula is C14H10BrFN2O3. The fraction of sp³-hybridized carbons (Fsp3) is 0.0714. The number of carboxylic acid groups (broad SMARTS) is 1. The van der Waals surface area contributed by atoms with E-state index in [1.807, 2.05) is 0 Å². The molecule has 5 nitrogen and oxygen atoms in total. The standard InChI is InChI=1S/C14H10BrFN2O3/c15-9-1-2-11(12(16)6-9)13(19)18-7-10-5-8(14(20)21)3-4-17-10/h1-6H,7H2,(H,18,19)(H,20,21). The second-order valence-corrected chi connectivity index (χ2v) is 5.06. The molecule has 0 fully saturated rings. The average molecular weight is 353 g/mol. The highest BCUT2D eigenvalue weighted by Crippen LogP contribution is 2.15. The summed E-state index contributed by atoms with van der Waals surface area (Å²) >= 11 is 3.11. The van der Waals surface area contributed by atoms with Gasteiger partial charge in [0.2, 0.25) is 0 Å². The van der Waals surface area contributed by atoms with E-state index in [1.54, 1.807) is 6.07 Å². The number of amides is 1. The van der Waals surface area contributed by atoms with Gasteiger partial charge in [-0.05, 0) is 30.3 Å². The minimum Gasteiger partial charge on any atom is -0.478 e. The number of carbonyl (C=O) groups is 2. The van der Waals surface area contributed by atoms with Gasteiger partial charge in [0, 0.05) is 10.7 Å². The van der Waals surface area contributed by atoms with Gasteiger partial charge in [0.05, 0.1) is 23.4 Å². The van der Waals surface area contributed by atoms with Crippen LogP contribution in [0.2, 0.25) is 0 Å².